The minimum absolute atomic E-state index is 0.767. The average Bonchev–Trinajstić information content (AvgIpc) is 3.30. The summed E-state index contributed by atoms with van der Waals surface area (Å²) in [5.41, 5.74) is 2.73. The lowest BCUT2D eigenvalue weighted by molar-refractivity contribution is 0.199. The number of methoxy groups -OCH3 is 1. The molecule has 0 aromatic heterocycles. The van der Waals surface area contributed by atoms with E-state index in [0.717, 1.165) is 31.7 Å². The molecule has 1 aliphatic rings. The van der Waals surface area contributed by atoms with Gasteiger partial charge in [0.05, 0.1) is 6.61 Å². The fraction of sp³-hybridized carbons (Fsp3) is 0.667. The van der Waals surface area contributed by atoms with Crippen molar-refractivity contribution in [3.8, 4) is 0 Å². The van der Waals surface area contributed by atoms with Crippen molar-refractivity contribution in [1.82, 2.24) is 5.32 Å². The summed E-state index contributed by atoms with van der Waals surface area (Å²) in [7, 11) is 1.74. The fourth-order valence-electron chi connectivity index (χ4n) is 2.52. The van der Waals surface area contributed by atoms with Crippen LogP contribution >= 0.6 is 0 Å². The van der Waals surface area contributed by atoms with Crippen LogP contribution in [-0.2, 0) is 11.3 Å². The maximum absolute atomic E-state index is 5.04. The van der Waals surface area contributed by atoms with Gasteiger partial charge in [0.2, 0.25) is 0 Å². The van der Waals surface area contributed by atoms with Crippen molar-refractivity contribution in [2.75, 3.05) is 31.7 Å². The predicted octanol–water partition coefficient (Wildman–Crippen LogP) is 3.44. The Hall–Kier alpha value is -1.06. The van der Waals surface area contributed by atoms with E-state index in [2.05, 4.69) is 48.3 Å². The second kappa shape index (κ2) is 8.40. The Morgan fingerprint density at radius 1 is 1.24 bits per heavy atom. The highest BCUT2D eigenvalue weighted by atomic mass is 16.5. The summed E-state index contributed by atoms with van der Waals surface area (Å²) in [6, 6.07) is 9.85. The standard InChI is InChI=1S/C18H30N2O/c1-15(2)10-12-20(18-8-9-18)17-6-4-16(5-7-17)14-19-11-13-21-3/h4-7,15,18-19H,8-14H2,1-3H3. The Morgan fingerprint density at radius 3 is 2.52 bits per heavy atom. The number of nitrogens with zero attached hydrogens (tertiary/aromatic N) is 1. The van der Waals surface area contributed by atoms with Crippen LogP contribution in [0.3, 0.4) is 0 Å². The monoisotopic (exact) mass is 290 g/mol. The smallest absolute Gasteiger partial charge is 0.0587 e. The summed E-state index contributed by atoms with van der Waals surface area (Å²) in [4.78, 5) is 2.60. The number of hydrogen-bond acceptors (Lipinski definition) is 3. The molecule has 1 saturated carbocycles. The van der Waals surface area contributed by atoms with Crippen molar-refractivity contribution < 1.29 is 4.74 Å². The van der Waals surface area contributed by atoms with Crippen LogP contribution in [0.5, 0.6) is 0 Å². The molecule has 1 aromatic carbocycles. The maximum atomic E-state index is 5.04. The quantitative estimate of drug-likeness (QED) is 0.668. The molecule has 1 N–H and O–H groups in total. The van der Waals surface area contributed by atoms with E-state index in [0.29, 0.717) is 0 Å². The molecule has 1 fully saturated rings. The maximum Gasteiger partial charge on any atom is 0.0587 e. The summed E-state index contributed by atoms with van der Waals surface area (Å²) < 4.78 is 5.04. The lowest BCUT2D eigenvalue weighted by Gasteiger charge is -2.26. The number of anilines is 1. The third kappa shape index (κ3) is 5.68. The summed E-state index contributed by atoms with van der Waals surface area (Å²) in [6.45, 7) is 8.39. The molecule has 2 rings (SSSR count). The molecule has 1 aromatic rings. The van der Waals surface area contributed by atoms with Gasteiger partial charge in [-0.05, 0) is 42.9 Å². The Kier molecular flexibility index (Phi) is 6.52. The zero-order valence-corrected chi connectivity index (χ0v) is 13.8. The largest absolute Gasteiger partial charge is 0.383 e. The van der Waals surface area contributed by atoms with Crippen LogP contribution in [0.1, 0.15) is 38.7 Å². The molecule has 0 bridgehead atoms. The van der Waals surface area contributed by atoms with Crippen LogP contribution in [0, 0.1) is 5.92 Å². The van der Waals surface area contributed by atoms with E-state index in [1.54, 1.807) is 7.11 Å². The molecule has 0 saturated heterocycles. The molecule has 0 unspecified atom stereocenters. The number of hydrogen-bond donors (Lipinski definition) is 1. The minimum Gasteiger partial charge on any atom is -0.383 e. The van der Waals surface area contributed by atoms with Crippen LogP contribution in [0.2, 0.25) is 0 Å². The van der Waals surface area contributed by atoms with Crippen molar-refractivity contribution in [1.29, 1.82) is 0 Å². The van der Waals surface area contributed by atoms with Gasteiger partial charge in [0.1, 0.15) is 0 Å². The SMILES string of the molecule is COCCNCc1ccc(N(CCC(C)C)C2CC2)cc1. The first kappa shape index (κ1) is 16.3. The summed E-state index contributed by atoms with van der Waals surface area (Å²) in [6.07, 6.45) is 3.99. The van der Waals surface area contributed by atoms with Crippen molar-refractivity contribution in [2.45, 2.75) is 45.7 Å². The van der Waals surface area contributed by atoms with E-state index in [4.69, 9.17) is 4.74 Å². The minimum atomic E-state index is 0.767. The first-order valence-corrected chi connectivity index (χ1v) is 8.26. The summed E-state index contributed by atoms with van der Waals surface area (Å²) in [5.74, 6) is 0.774. The molecule has 0 spiro atoms. The van der Waals surface area contributed by atoms with Crippen molar-refractivity contribution >= 4 is 5.69 Å². The molecule has 1 aliphatic carbocycles. The summed E-state index contributed by atoms with van der Waals surface area (Å²) >= 11 is 0. The lowest BCUT2D eigenvalue weighted by Crippen LogP contribution is -2.27. The Morgan fingerprint density at radius 2 is 1.95 bits per heavy atom. The van der Waals surface area contributed by atoms with Crippen molar-refractivity contribution in [3.05, 3.63) is 29.8 Å². The Bertz CT molecular complexity index is 398. The molecule has 3 heteroatoms. The average molecular weight is 290 g/mol. The van der Waals surface area contributed by atoms with Gasteiger partial charge in [-0.25, -0.2) is 0 Å². The van der Waals surface area contributed by atoms with Gasteiger partial charge in [-0.2, -0.15) is 0 Å². The number of ether oxygens (including phenoxy) is 1. The van der Waals surface area contributed by atoms with Crippen LogP contribution in [-0.4, -0.2) is 32.8 Å². The van der Waals surface area contributed by atoms with Crippen LogP contribution in [0.25, 0.3) is 0 Å². The van der Waals surface area contributed by atoms with E-state index in [1.807, 2.05) is 0 Å². The topological polar surface area (TPSA) is 24.5 Å². The van der Waals surface area contributed by atoms with E-state index < -0.39 is 0 Å². The van der Waals surface area contributed by atoms with Gasteiger partial charge >= 0.3 is 0 Å². The molecule has 0 heterocycles. The molecule has 0 aliphatic heterocycles. The highest BCUT2D eigenvalue weighted by molar-refractivity contribution is 5.49. The summed E-state index contributed by atoms with van der Waals surface area (Å²) in [5, 5.41) is 3.39. The second-order valence-corrected chi connectivity index (χ2v) is 6.44. The van der Waals surface area contributed by atoms with Crippen molar-refractivity contribution in [3.63, 3.8) is 0 Å². The highest BCUT2D eigenvalue weighted by Gasteiger charge is 2.28. The molecule has 118 valence electrons. The van der Waals surface area contributed by atoms with Crippen LogP contribution in [0.15, 0.2) is 24.3 Å². The molecule has 0 atom stereocenters. The zero-order valence-electron chi connectivity index (χ0n) is 13.8. The second-order valence-electron chi connectivity index (χ2n) is 6.44. The van der Waals surface area contributed by atoms with Gasteiger partial charge in [0.25, 0.3) is 0 Å². The fourth-order valence-corrected chi connectivity index (χ4v) is 2.52. The Balaban J connectivity index is 1.86. The normalized spacial score (nSPS) is 14.7. The third-order valence-corrected chi connectivity index (χ3v) is 4.02. The molecule has 3 nitrogen and oxygen atoms in total. The molecule has 0 radical (unpaired) electrons. The van der Waals surface area contributed by atoms with Crippen LogP contribution < -0.4 is 10.2 Å². The van der Waals surface area contributed by atoms with E-state index in [9.17, 15) is 0 Å². The number of rotatable bonds is 10. The molecular formula is C18H30N2O. The molecular weight excluding hydrogens is 260 g/mol. The van der Waals surface area contributed by atoms with E-state index >= 15 is 0 Å². The van der Waals surface area contributed by atoms with Gasteiger partial charge < -0.3 is 15.0 Å². The molecule has 21 heavy (non-hydrogen) atoms. The first-order valence-electron chi connectivity index (χ1n) is 8.26. The predicted molar refractivity (Wildman–Crippen MR) is 89.8 cm³/mol. The van der Waals surface area contributed by atoms with Gasteiger partial charge in [-0.3, -0.25) is 0 Å². The van der Waals surface area contributed by atoms with Gasteiger partial charge in [0, 0.05) is 38.5 Å². The lowest BCUT2D eigenvalue weighted by atomic mass is 10.1. The van der Waals surface area contributed by atoms with Crippen LogP contribution in [0.4, 0.5) is 5.69 Å². The van der Waals surface area contributed by atoms with E-state index in [-0.39, 0.29) is 0 Å². The zero-order chi connectivity index (χ0) is 15.1. The third-order valence-electron chi connectivity index (χ3n) is 4.02. The highest BCUT2D eigenvalue weighted by Crippen LogP contribution is 2.32. The number of benzene rings is 1. The van der Waals surface area contributed by atoms with Gasteiger partial charge in [0.15, 0.2) is 0 Å². The van der Waals surface area contributed by atoms with Gasteiger partial charge in [-0.15, -0.1) is 0 Å². The Labute approximate surface area is 129 Å². The van der Waals surface area contributed by atoms with Gasteiger partial charge in [-0.1, -0.05) is 26.0 Å². The van der Waals surface area contributed by atoms with Crippen molar-refractivity contribution in [2.24, 2.45) is 5.92 Å². The number of nitrogens with one attached hydrogen (secondary N) is 1. The first-order chi connectivity index (χ1) is 10.2. The van der Waals surface area contributed by atoms with E-state index in [1.165, 1.54) is 37.1 Å². The molecule has 0 amide bonds.